The normalized spacial score (nSPS) is 12.5. The summed E-state index contributed by atoms with van der Waals surface area (Å²) < 4.78 is 52.5. The van der Waals surface area contributed by atoms with E-state index < -0.39 is 23.3 Å². The third-order valence-corrected chi connectivity index (χ3v) is 5.49. The molecular formula is C26H17Cl2F3N2O4. The Morgan fingerprint density at radius 1 is 0.946 bits per heavy atom. The van der Waals surface area contributed by atoms with Crippen molar-refractivity contribution in [3.8, 4) is 35.1 Å². The van der Waals surface area contributed by atoms with Crippen molar-refractivity contribution in [2.24, 2.45) is 5.41 Å². The van der Waals surface area contributed by atoms with Crippen molar-refractivity contribution in [1.29, 1.82) is 10.5 Å². The van der Waals surface area contributed by atoms with E-state index in [0.29, 0.717) is 5.02 Å². The molecule has 0 bridgehead atoms. The third-order valence-electron chi connectivity index (χ3n) is 4.96. The van der Waals surface area contributed by atoms with Gasteiger partial charge in [-0.05, 0) is 61.5 Å². The van der Waals surface area contributed by atoms with Gasteiger partial charge in [-0.2, -0.15) is 10.5 Å². The van der Waals surface area contributed by atoms with Crippen LogP contribution in [-0.4, -0.2) is 18.8 Å². The van der Waals surface area contributed by atoms with Crippen LogP contribution >= 0.6 is 23.2 Å². The number of carbonyl (C=O) groups is 1. The SMILES string of the molecule is CC(C#N)(COc1cc(C#N)ccc1Oc1ccc(Cl)cc1Cl)CC(=O)c1ccc(OC(F)(F)F)cc1. The van der Waals surface area contributed by atoms with Gasteiger partial charge in [0.15, 0.2) is 17.3 Å². The van der Waals surface area contributed by atoms with Gasteiger partial charge in [0.05, 0.1) is 28.1 Å². The van der Waals surface area contributed by atoms with Crippen molar-refractivity contribution >= 4 is 29.0 Å². The van der Waals surface area contributed by atoms with Crippen molar-refractivity contribution in [2.45, 2.75) is 19.7 Å². The minimum atomic E-state index is -4.85. The molecule has 3 aromatic carbocycles. The van der Waals surface area contributed by atoms with Gasteiger partial charge in [-0.15, -0.1) is 13.2 Å². The predicted octanol–water partition coefficient (Wildman–Crippen LogP) is 7.74. The van der Waals surface area contributed by atoms with Gasteiger partial charge in [0.1, 0.15) is 18.1 Å². The molecule has 1 atom stereocenters. The number of nitrogens with zero attached hydrogens (tertiary/aromatic N) is 2. The first-order valence-electron chi connectivity index (χ1n) is 10.5. The largest absolute Gasteiger partial charge is 0.573 e. The van der Waals surface area contributed by atoms with Gasteiger partial charge in [-0.25, -0.2) is 0 Å². The van der Waals surface area contributed by atoms with Crippen LogP contribution in [0.15, 0.2) is 60.7 Å². The van der Waals surface area contributed by atoms with Crippen LogP contribution < -0.4 is 14.2 Å². The average Bonchev–Trinajstić information content (AvgIpc) is 2.84. The Labute approximate surface area is 220 Å². The number of nitriles is 2. The molecule has 3 rings (SSSR count). The molecule has 37 heavy (non-hydrogen) atoms. The molecule has 0 aliphatic rings. The molecule has 0 saturated heterocycles. The lowest BCUT2D eigenvalue weighted by Gasteiger charge is -2.22. The monoisotopic (exact) mass is 548 g/mol. The maximum absolute atomic E-state index is 12.7. The van der Waals surface area contributed by atoms with Crippen molar-refractivity contribution < 1.29 is 32.2 Å². The Hall–Kier alpha value is -3.92. The Bertz CT molecular complexity index is 1380. The van der Waals surface area contributed by atoms with Crippen molar-refractivity contribution in [3.63, 3.8) is 0 Å². The molecule has 0 aliphatic heterocycles. The molecule has 0 spiro atoms. The summed E-state index contributed by atoms with van der Waals surface area (Å²) in [6.07, 6.45) is -5.15. The highest BCUT2D eigenvalue weighted by molar-refractivity contribution is 6.35. The first-order chi connectivity index (χ1) is 17.4. The van der Waals surface area contributed by atoms with Crippen LogP contribution in [0, 0.1) is 28.1 Å². The Kier molecular flexibility index (Phi) is 8.54. The van der Waals surface area contributed by atoms with Crippen LogP contribution in [0.5, 0.6) is 23.0 Å². The summed E-state index contributed by atoms with van der Waals surface area (Å²) in [5.74, 6) is -0.345. The molecule has 0 fully saturated rings. The maximum atomic E-state index is 12.7. The lowest BCUT2D eigenvalue weighted by Crippen LogP contribution is -2.27. The molecule has 0 aliphatic carbocycles. The third kappa shape index (κ3) is 7.78. The second-order valence-electron chi connectivity index (χ2n) is 8.08. The fourth-order valence-electron chi connectivity index (χ4n) is 3.11. The van der Waals surface area contributed by atoms with Crippen LogP contribution in [0.25, 0.3) is 0 Å². The smallest absolute Gasteiger partial charge is 0.488 e. The van der Waals surface area contributed by atoms with Crippen molar-refractivity contribution in [2.75, 3.05) is 6.61 Å². The van der Waals surface area contributed by atoms with E-state index in [1.807, 2.05) is 12.1 Å². The average molecular weight is 549 g/mol. The molecule has 190 valence electrons. The molecule has 0 radical (unpaired) electrons. The number of carbonyl (C=O) groups excluding carboxylic acids is 1. The minimum Gasteiger partial charge on any atom is -0.488 e. The Balaban J connectivity index is 1.75. The molecular weight excluding hydrogens is 532 g/mol. The van der Waals surface area contributed by atoms with Crippen LogP contribution in [-0.2, 0) is 0 Å². The summed E-state index contributed by atoms with van der Waals surface area (Å²) in [4.78, 5) is 12.7. The molecule has 0 heterocycles. The highest BCUT2D eigenvalue weighted by Gasteiger charge is 2.32. The second-order valence-corrected chi connectivity index (χ2v) is 8.93. The van der Waals surface area contributed by atoms with E-state index in [1.165, 1.54) is 43.3 Å². The minimum absolute atomic E-state index is 0.101. The van der Waals surface area contributed by atoms with Crippen LogP contribution in [0.2, 0.25) is 10.0 Å². The zero-order valence-electron chi connectivity index (χ0n) is 19.1. The summed E-state index contributed by atoms with van der Waals surface area (Å²) in [6, 6.07) is 17.4. The van der Waals surface area contributed by atoms with E-state index in [9.17, 15) is 28.5 Å². The number of hydrogen-bond donors (Lipinski definition) is 0. The number of benzene rings is 3. The molecule has 0 aromatic heterocycles. The van der Waals surface area contributed by atoms with E-state index in [-0.39, 0.29) is 46.4 Å². The number of rotatable bonds is 9. The molecule has 6 nitrogen and oxygen atoms in total. The topological polar surface area (TPSA) is 92.3 Å². The van der Waals surface area contributed by atoms with Gasteiger partial charge in [-0.1, -0.05) is 23.2 Å². The van der Waals surface area contributed by atoms with E-state index >= 15 is 0 Å². The van der Waals surface area contributed by atoms with Crippen LogP contribution in [0.3, 0.4) is 0 Å². The maximum Gasteiger partial charge on any atom is 0.573 e. The highest BCUT2D eigenvalue weighted by Crippen LogP contribution is 2.38. The fourth-order valence-corrected chi connectivity index (χ4v) is 3.56. The van der Waals surface area contributed by atoms with Gasteiger partial charge in [0.2, 0.25) is 0 Å². The second kappa shape index (κ2) is 11.4. The first kappa shape index (κ1) is 27.7. The zero-order chi connectivity index (χ0) is 27.2. The van der Waals surface area contributed by atoms with Gasteiger partial charge in [-0.3, -0.25) is 4.79 Å². The lowest BCUT2D eigenvalue weighted by atomic mass is 9.85. The van der Waals surface area contributed by atoms with E-state index in [4.69, 9.17) is 32.7 Å². The number of halogens is 5. The van der Waals surface area contributed by atoms with E-state index in [2.05, 4.69) is 4.74 Å². The fraction of sp³-hybridized carbons (Fsp3) is 0.192. The number of Topliss-reactive ketones (excluding diaryl/α,β-unsaturated/α-hetero) is 1. The zero-order valence-corrected chi connectivity index (χ0v) is 20.6. The van der Waals surface area contributed by atoms with Crippen molar-refractivity contribution in [3.05, 3.63) is 81.8 Å². The van der Waals surface area contributed by atoms with Gasteiger partial charge < -0.3 is 14.2 Å². The van der Waals surface area contributed by atoms with E-state index in [1.54, 1.807) is 12.1 Å². The molecule has 3 aromatic rings. The molecule has 0 amide bonds. The van der Waals surface area contributed by atoms with E-state index in [0.717, 1.165) is 12.1 Å². The molecule has 0 saturated carbocycles. The Morgan fingerprint density at radius 2 is 1.62 bits per heavy atom. The first-order valence-corrected chi connectivity index (χ1v) is 11.3. The van der Waals surface area contributed by atoms with Gasteiger partial charge in [0.25, 0.3) is 0 Å². The molecule has 11 heteroatoms. The predicted molar refractivity (Wildman–Crippen MR) is 129 cm³/mol. The van der Waals surface area contributed by atoms with Crippen LogP contribution in [0.1, 0.15) is 29.3 Å². The summed E-state index contributed by atoms with van der Waals surface area (Å²) in [7, 11) is 0. The quantitative estimate of drug-likeness (QED) is 0.254. The highest BCUT2D eigenvalue weighted by atomic mass is 35.5. The summed E-state index contributed by atoms with van der Waals surface area (Å²) >= 11 is 12.1. The van der Waals surface area contributed by atoms with Crippen LogP contribution in [0.4, 0.5) is 13.2 Å². The number of hydrogen-bond acceptors (Lipinski definition) is 6. The van der Waals surface area contributed by atoms with Gasteiger partial charge in [0, 0.05) is 23.1 Å². The number of ketones is 1. The lowest BCUT2D eigenvalue weighted by molar-refractivity contribution is -0.274. The Morgan fingerprint density at radius 3 is 2.22 bits per heavy atom. The standard InChI is InChI=1S/C26H17Cl2F3N2O4/c1-25(14-33,12-21(34)17-3-6-19(7-4-17)37-26(29,30)31)15-35-24-10-16(13-32)2-8-23(24)36-22-9-5-18(27)11-20(22)28/h2-11H,12,15H2,1H3. The summed E-state index contributed by atoms with van der Waals surface area (Å²) in [5, 5.41) is 19.7. The molecule has 0 N–H and O–H groups in total. The van der Waals surface area contributed by atoms with Gasteiger partial charge >= 0.3 is 6.36 Å². The number of ether oxygens (including phenoxy) is 3. The summed E-state index contributed by atoms with van der Waals surface area (Å²) in [5.41, 5.74) is -0.958. The summed E-state index contributed by atoms with van der Waals surface area (Å²) in [6.45, 7) is 1.24. The number of alkyl halides is 3. The molecule has 1 unspecified atom stereocenters. The van der Waals surface area contributed by atoms with Crippen molar-refractivity contribution in [1.82, 2.24) is 0 Å².